The number of rotatable bonds is 9. The molecule has 11 nitrogen and oxygen atoms in total. The van der Waals surface area contributed by atoms with Crippen molar-refractivity contribution in [2.75, 3.05) is 31.8 Å². The van der Waals surface area contributed by atoms with Crippen molar-refractivity contribution in [2.45, 2.75) is 50.0 Å². The molecule has 0 atom stereocenters. The van der Waals surface area contributed by atoms with Crippen molar-refractivity contribution >= 4 is 36.6 Å². The van der Waals surface area contributed by atoms with E-state index in [0.29, 0.717) is 19.0 Å². The quantitative estimate of drug-likeness (QED) is 0.196. The number of hydrogen-bond donors (Lipinski definition) is 5. The molecule has 0 aliphatic heterocycles. The molecule has 43 heavy (non-hydrogen) atoms. The van der Waals surface area contributed by atoms with Crippen LogP contribution in [-0.2, 0) is 16.9 Å². The Morgan fingerprint density at radius 3 is 2.35 bits per heavy atom. The summed E-state index contributed by atoms with van der Waals surface area (Å²) in [5.41, 5.74) is 0.518. The largest absolute Gasteiger partial charge is 0.495 e. The molecular weight excluding hydrogens is 590 g/mol. The van der Waals surface area contributed by atoms with E-state index in [2.05, 4.69) is 20.6 Å². The van der Waals surface area contributed by atoms with Crippen LogP contribution < -0.4 is 15.4 Å². The first-order valence-corrected chi connectivity index (χ1v) is 15.2. The van der Waals surface area contributed by atoms with Crippen molar-refractivity contribution in [3.8, 4) is 5.75 Å². The highest BCUT2D eigenvalue weighted by Crippen LogP contribution is 2.41. The maximum atomic E-state index is 14.0. The summed E-state index contributed by atoms with van der Waals surface area (Å²) in [7, 11) is 0.0666. The molecule has 1 aliphatic rings. The van der Waals surface area contributed by atoms with Crippen molar-refractivity contribution in [3.05, 3.63) is 64.8 Å². The van der Waals surface area contributed by atoms with Crippen LogP contribution in [0.5, 0.6) is 5.75 Å². The van der Waals surface area contributed by atoms with E-state index in [1.54, 1.807) is 32.3 Å². The second-order valence-electron chi connectivity index (χ2n) is 10.6. The van der Waals surface area contributed by atoms with Gasteiger partial charge in [-0.15, -0.1) is 0 Å². The third-order valence-corrected chi connectivity index (χ3v) is 7.87. The van der Waals surface area contributed by atoms with Gasteiger partial charge in [0.15, 0.2) is 0 Å². The third kappa shape index (κ3) is 8.23. The van der Waals surface area contributed by atoms with E-state index in [4.69, 9.17) is 4.74 Å². The standard InChI is InChI=1S/C28H33F3N5O6P/c1-36(2)26(38)20-13-18(17-5-8-19(37)9-6-17)7-11-22(20)33-25-21(28(29,30)31)14-32-27(35-25)34-23-10-4-16(12-24(23)42-3)15-43(39,40)41/h4,7,10-14,17,19,37H,5-6,8-9,15H2,1-3H3,(H2,39,40,41)(H2,32,33,34,35)/t17-,19-. The molecular formula is C28H33F3N5O6P. The van der Waals surface area contributed by atoms with Gasteiger partial charge in [-0.05, 0) is 67.0 Å². The molecule has 1 heterocycles. The Labute approximate surface area is 246 Å². The lowest BCUT2D eigenvalue weighted by molar-refractivity contribution is -0.137. The molecule has 0 radical (unpaired) electrons. The van der Waals surface area contributed by atoms with Gasteiger partial charge in [0.1, 0.15) is 17.1 Å². The van der Waals surface area contributed by atoms with Gasteiger partial charge in [0.2, 0.25) is 5.95 Å². The van der Waals surface area contributed by atoms with E-state index in [1.165, 1.54) is 30.2 Å². The van der Waals surface area contributed by atoms with Crippen LogP contribution in [0.15, 0.2) is 42.6 Å². The van der Waals surface area contributed by atoms with E-state index in [1.807, 2.05) is 0 Å². The van der Waals surface area contributed by atoms with Crippen LogP contribution in [-0.4, -0.2) is 63.0 Å². The van der Waals surface area contributed by atoms with Crippen LogP contribution in [0.25, 0.3) is 0 Å². The van der Waals surface area contributed by atoms with Crippen LogP contribution in [0.4, 0.5) is 36.3 Å². The predicted molar refractivity (Wildman–Crippen MR) is 154 cm³/mol. The average molecular weight is 624 g/mol. The third-order valence-electron chi connectivity index (χ3n) is 7.10. The van der Waals surface area contributed by atoms with Gasteiger partial charge < -0.3 is 35.2 Å². The van der Waals surface area contributed by atoms with E-state index < -0.39 is 37.2 Å². The van der Waals surface area contributed by atoms with Gasteiger partial charge in [0, 0.05) is 20.3 Å². The molecule has 232 valence electrons. The van der Waals surface area contributed by atoms with Gasteiger partial charge in [0.05, 0.1) is 36.3 Å². The van der Waals surface area contributed by atoms with Crippen LogP contribution in [0.1, 0.15) is 58.6 Å². The Kier molecular flexibility index (Phi) is 9.65. The molecule has 0 saturated heterocycles. The number of benzene rings is 2. The lowest BCUT2D eigenvalue weighted by atomic mass is 9.82. The summed E-state index contributed by atoms with van der Waals surface area (Å²) in [5.74, 6) is -0.970. The zero-order valence-corrected chi connectivity index (χ0v) is 24.6. The fourth-order valence-electron chi connectivity index (χ4n) is 4.92. The summed E-state index contributed by atoms with van der Waals surface area (Å²) in [6.45, 7) is 0. The molecule has 1 aliphatic carbocycles. The fraction of sp³-hybridized carbons (Fsp3) is 0.393. The molecule has 1 aromatic heterocycles. The molecule has 1 saturated carbocycles. The fourth-order valence-corrected chi connectivity index (χ4v) is 5.59. The lowest BCUT2D eigenvalue weighted by Crippen LogP contribution is -2.24. The molecule has 15 heteroatoms. The zero-order valence-electron chi connectivity index (χ0n) is 23.7. The van der Waals surface area contributed by atoms with Crippen LogP contribution in [0, 0.1) is 0 Å². The number of carbonyl (C=O) groups excluding carboxylic acids is 1. The number of aliphatic hydroxyl groups excluding tert-OH is 1. The number of methoxy groups -OCH3 is 1. The van der Waals surface area contributed by atoms with Gasteiger partial charge >= 0.3 is 13.8 Å². The number of alkyl halides is 3. The van der Waals surface area contributed by atoms with E-state index in [0.717, 1.165) is 18.4 Å². The first-order valence-electron chi connectivity index (χ1n) is 13.4. The van der Waals surface area contributed by atoms with Crippen LogP contribution in [0.2, 0.25) is 0 Å². The van der Waals surface area contributed by atoms with Crippen molar-refractivity contribution in [1.29, 1.82) is 0 Å². The minimum atomic E-state index is -4.82. The van der Waals surface area contributed by atoms with Crippen molar-refractivity contribution in [1.82, 2.24) is 14.9 Å². The SMILES string of the molecule is COc1cc(CP(=O)(O)O)ccc1Nc1ncc(C(F)(F)F)c(Nc2ccc([C@H]3CC[C@H](O)CC3)cc2C(=O)N(C)C)n1. The molecule has 4 rings (SSSR count). The first-order chi connectivity index (χ1) is 20.1. The molecule has 1 amide bonds. The summed E-state index contributed by atoms with van der Waals surface area (Å²) < 4.78 is 58.7. The Hall–Kier alpha value is -3.71. The molecule has 3 aromatic rings. The molecule has 0 spiro atoms. The second kappa shape index (κ2) is 12.9. The van der Waals surface area contributed by atoms with Crippen LogP contribution >= 0.6 is 7.60 Å². The summed E-state index contributed by atoms with van der Waals surface area (Å²) in [4.78, 5) is 40.9. The molecule has 5 N–H and O–H groups in total. The summed E-state index contributed by atoms with van der Waals surface area (Å²) in [6.07, 6.45) is -2.38. The number of halogens is 3. The zero-order chi connectivity index (χ0) is 31.5. The topological polar surface area (TPSA) is 157 Å². The van der Waals surface area contributed by atoms with E-state index in [9.17, 15) is 37.4 Å². The summed E-state index contributed by atoms with van der Waals surface area (Å²) in [5, 5.41) is 15.4. The normalized spacial score (nSPS) is 17.3. The number of ether oxygens (including phenoxy) is 1. The highest BCUT2D eigenvalue weighted by molar-refractivity contribution is 7.50. The van der Waals surface area contributed by atoms with E-state index in [-0.39, 0.29) is 46.2 Å². The number of carbonyl (C=O) groups is 1. The number of aromatic nitrogens is 2. The highest BCUT2D eigenvalue weighted by Gasteiger charge is 2.36. The van der Waals surface area contributed by atoms with Crippen LogP contribution in [0.3, 0.4) is 0 Å². The Balaban J connectivity index is 1.70. The Morgan fingerprint density at radius 1 is 1.07 bits per heavy atom. The minimum Gasteiger partial charge on any atom is -0.495 e. The van der Waals surface area contributed by atoms with Gasteiger partial charge in [-0.3, -0.25) is 9.36 Å². The smallest absolute Gasteiger partial charge is 0.421 e. The number of hydrogen-bond acceptors (Lipinski definition) is 8. The lowest BCUT2D eigenvalue weighted by Gasteiger charge is -2.27. The molecule has 2 aromatic carbocycles. The van der Waals surface area contributed by atoms with Gasteiger partial charge in [-0.2, -0.15) is 18.2 Å². The second-order valence-corrected chi connectivity index (χ2v) is 12.2. The average Bonchev–Trinajstić information content (AvgIpc) is 2.92. The Bertz CT molecular complexity index is 1520. The summed E-state index contributed by atoms with van der Waals surface area (Å²) in [6, 6.07) is 9.24. The highest BCUT2D eigenvalue weighted by atomic mass is 31.2. The molecule has 0 bridgehead atoms. The van der Waals surface area contributed by atoms with Crippen molar-refractivity contribution in [3.63, 3.8) is 0 Å². The predicted octanol–water partition coefficient (Wildman–Crippen LogP) is 5.39. The number of anilines is 4. The van der Waals surface area contributed by atoms with Gasteiger partial charge in [0.25, 0.3) is 5.91 Å². The van der Waals surface area contributed by atoms with Crippen molar-refractivity contribution < 1.29 is 42.2 Å². The number of nitrogens with zero attached hydrogens (tertiary/aromatic N) is 3. The monoisotopic (exact) mass is 623 g/mol. The van der Waals surface area contributed by atoms with Gasteiger partial charge in [-0.25, -0.2) is 4.98 Å². The number of nitrogens with one attached hydrogen (secondary N) is 2. The number of amides is 1. The Morgan fingerprint density at radius 2 is 1.74 bits per heavy atom. The first kappa shape index (κ1) is 32.2. The van der Waals surface area contributed by atoms with Gasteiger partial charge in [-0.1, -0.05) is 12.1 Å². The molecule has 0 unspecified atom stereocenters. The maximum Gasteiger partial charge on any atom is 0.421 e. The molecule has 1 fully saturated rings. The van der Waals surface area contributed by atoms with E-state index >= 15 is 0 Å². The summed E-state index contributed by atoms with van der Waals surface area (Å²) >= 11 is 0. The maximum absolute atomic E-state index is 14.0. The van der Waals surface area contributed by atoms with Crippen molar-refractivity contribution in [2.24, 2.45) is 0 Å². The minimum absolute atomic E-state index is 0.106. The number of aliphatic hydroxyl groups is 1.